The van der Waals surface area contributed by atoms with Crippen molar-refractivity contribution < 1.29 is 64.7 Å². The van der Waals surface area contributed by atoms with E-state index in [1.807, 2.05) is 12.3 Å². The fraction of sp³-hybridized carbons (Fsp3) is 0.333. The largest absolute Gasteiger partial charge is 0.872 e. The number of aliphatic hydroxyl groups excluding tert-OH is 4. The minimum Gasteiger partial charge on any atom is -0.872 e. The molecule has 1 aliphatic heterocycles. The highest BCUT2D eigenvalue weighted by Gasteiger charge is 2.13. The summed E-state index contributed by atoms with van der Waals surface area (Å²) in [7, 11) is 2.71. The van der Waals surface area contributed by atoms with Crippen molar-refractivity contribution in [2.75, 3.05) is 20.8 Å². The lowest BCUT2D eigenvalue weighted by molar-refractivity contribution is -0.308. The normalized spacial score (nSPS) is 14.0. The van der Waals surface area contributed by atoms with Gasteiger partial charge in [-0.25, -0.2) is 0 Å². The molecule has 6 rings (SSSR count). The van der Waals surface area contributed by atoms with Crippen LogP contribution in [0.5, 0.6) is 11.5 Å². The highest BCUT2D eigenvalue weighted by Crippen LogP contribution is 2.14. The van der Waals surface area contributed by atoms with Crippen molar-refractivity contribution in [3.8, 4) is 11.5 Å². The molecular weight excluding hydrogens is 805 g/mol. The Hall–Kier alpha value is -6.18. The number of pyridine rings is 2. The number of aldehydes is 1. The molecule has 0 amide bonds. The van der Waals surface area contributed by atoms with E-state index in [-0.39, 0.29) is 47.4 Å². The number of carboxylic acids is 2. The van der Waals surface area contributed by atoms with Gasteiger partial charge in [0.15, 0.2) is 12.6 Å². The number of carbonyl (C=O) groups is 3. The van der Waals surface area contributed by atoms with E-state index in [1.165, 1.54) is 55.6 Å². The van der Waals surface area contributed by atoms with Gasteiger partial charge in [0.25, 0.3) is 0 Å². The number of methoxy groups -OCH3 is 2. The molecule has 3 heterocycles. The molecule has 2 aromatic heterocycles. The highest BCUT2D eigenvalue weighted by molar-refractivity contribution is 5.83. The lowest BCUT2D eigenvalue weighted by Gasteiger charge is -2.11. The van der Waals surface area contributed by atoms with Gasteiger partial charge in [0.1, 0.15) is 6.29 Å². The van der Waals surface area contributed by atoms with Crippen LogP contribution in [0.3, 0.4) is 0 Å². The molecule has 0 aliphatic carbocycles. The van der Waals surface area contributed by atoms with E-state index in [4.69, 9.17) is 25.8 Å². The van der Waals surface area contributed by atoms with Crippen molar-refractivity contribution in [3.05, 3.63) is 132 Å². The van der Waals surface area contributed by atoms with Crippen LogP contribution < -0.4 is 25.7 Å². The predicted molar refractivity (Wildman–Crippen MR) is 225 cm³/mol. The molecule has 0 radical (unpaired) electrons. The molecule has 5 unspecified atom stereocenters. The molecule has 0 bridgehead atoms. The van der Waals surface area contributed by atoms with Crippen molar-refractivity contribution in [2.45, 2.75) is 77.3 Å². The molecule has 17 nitrogen and oxygen atoms in total. The standard InChI is InChI=1S/C10H9N.C7H7NO.C7H6O2.C6H5NO2.C5H9NO2.C5H12O4.C5H12O2/c1-8-4-2-5-9-6-3-7-11-10(8)9;2*8-5-6-3-1-2-4-7(6)9;8-6(9)5-3-1-2-4-7-5;7-5(8)4-2-1-3-6-4;1-8-4(6)3-5(7)9-2;1-4(6)3-5(2)7/h2-7H,1H3;1-5,8-9H;1-5,9H;1-4H,(H,8,9);4,6H,1-3H2,(H,7,8);4-7H,3H2,1-2H3;4-7H,3H2,1-2H3/p-4. The molecule has 1 fully saturated rings. The van der Waals surface area contributed by atoms with Crippen LogP contribution in [0.4, 0.5) is 0 Å². The van der Waals surface area contributed by atoms with Crippen LogP contribution in [-0.4, -0.2) is 106 Å². The minimum atomic E-state index is -1.24. The van der Waals surface area contributed by atoms with Gasteiger partial charge in [-0.2, -0.15) is 0 Å². The SMILES string of the molecule is CC(O)CC(C)O.COC(O)CC(O)OC.Cc1cccc2cccnc12.N=Cc1ccccc1[O-].O=C([O-])C1CCCN1.O=C([O-])c1ccccn1.O=Cc1ccccc1[O-]. The summed E-state index contributed by atoms with van der Waals surface area (Å²) in [6.45, 7) is 6.22. The third kappa shape index (κ3) is 26.1. The summed E-state index contributed by atoms with van der Waals surface area (Å²) in [5, 5.41) is 86.7. The lowest BCUT2D eigenvalue weighted by atomic mass is 10.1. The molecule has 0 spiro atoms. The Morgan fingerprint density at radius 2 is 1.31 bits per heavy atom. The number of nitrogens with zero attached hydrogens (tertiary/aromatic N) is 2. The first kappa shape index (κ1) is 55.8. The number of para-hydroxylation sites is 3. The smallest absolute Gasteiger partial charge is 0.158 e. The molecule has 17 heteroatoms. The quantitative estimate of drug-likeness (QED) is 0.0654. The summed E-state index contributed by atoms with van der Waals surface area (Å²) < 4.78 is 8.88. The second-order valence-corrected chi connectivity index (χ2v) is 13.0. The third-order valence-corrected chi connectivity index (χ3v) is 7.80. The number of ether oxygens (including phenoxy) is 2. The van der Waals surface area contributed by atoms with Crippen LogP contribution in [-0.2, 0) is 14.3 Å². The summed E-state index contributed by atoms with van der Waals surface area (Å²) in [6.07, 6.45) is 4.44. The van der Waals surface area contributed by atoms with E-state index in [9.17, 15) is 34.8 Å². The van der Waals surface area contributed by atoms with Crippen LogP contribution in [0.15, 0.2) is 109 Å². The molecule has 62 heavy (non-hydrogen) atoms. The maximum absolute atomic E-state index is 10.7. The third-order valence-electron chi connectivity index (χ3n) is 7.80. The second-order valence-electron chi connectivity index (χ2n) is 13.0. The topological polar surface area (TPSA) is 304 Å². The summed E-state index contributed by atoms with van der Waals surface area (Å²) in [4.78, 5) is 37.9. The van der Waals surface area contributed by atoms with Gasteiger partial charge in [-0.05, 0) is 75.9 Å². The van der Waals surface area contributed by atoms with Gasteiger partial charge in [-0.1, -0.05) is 84.6 Å². The van der Waals surface area contributed by atoms with Crippen molar-refractivity contribution in [3.63, 3.8) is 0 Å². The van der Waals surface area contributed by atoms with E-state index < -0.39 is 24.5 Å². The van der Waals surface area contributed by atoms with Gasteiger partial charge in [0, 0.05) is 56.2 Å². The first-order chi connectivity index (χ1) is 29.5. The Morgan fingerprint density at radius 3 is 1.65 bits per heavy atom. The molecule has 0 saturated carbocycles. The van der Waals surface area contributed by atoms with Gasteiger partial charge in [0.2, 0.25) is 0 Å². The molecule has 338 valence electrons. The molecule has 6 N–H and O–H groups in total. The van der Waals surface area contributed by atoms with Gasteiger partial charge >= 0.3 is 0 Å². The number of aryl methyl sites for hydroxylation is 1. The van der Waals surface area contributed by atoms with Crippen molar-refractivity contribution in [1.29, 1.82) is 5.41 Å². The summed E-state index contributed by atoms with van der Waals surface area (Å²) in [5.41, 5.74) is 2.98. The van der Waals surface area contributed by atoms with E-state index in [0.29, 0.717) is 18.3 Å². The first-order valence-electron chi connectivity index (χ1n) is 19.1. The number of carbonyl (C=O) groups excluding carboxylic acids is 3. The van der Waals surface area contributed by atoms with E-state index in [1.54, 1.807) is 56.3 Å². The maximum atomic E-state index is 10.7. The van der Waals surface area contributed by atoms with E-state index >= 15 is 0 Å². The van der Waals surface area contributed by atoms with Crippen LogP contribution in [0.1, 0.15) is 71.5 Å². The number of nitrogens with one attached hydrogen (secondary N) is 2. The van der Waals surface area contributed by atoms with Gasteiger partial charge in [0.05, 0.1) is 35.4 Å². The number of hydrogen-bond donors (Lipinski definition) is 6. The van der Waals surface area contributed by atoms with Crippen molar-refractivity contribution >= 4 is 35.3 Å². The van der Waals surface area contributed by atoms with Crippen LogP contribution in [0.2, 0.25) is 0 Å². The van der Waals surface area contributed by atoms with Crippen LogP contribution >= 0.6 is 0 Å². The zero-order valence-electron chi connectivity index (χ0n) is 35.3. The molecule has 3 aromatic carbocycles. The first-order valence-corrected chi connectivity index (χ1v) is 19.1. The lowest BCUT2D eigenvalue weighted by Crippen LogP contribution is -2.41. The molecule has 5 aromatic rings. The van der Waals surface area contributed by atoms with Gasteiger partial charge in [-0.3, -0.25) is 14.8 Å². The Kier molecular flexibility index (Phi) is 30.2. The van der Waals surface area contributed by atoms with Gasteiger partial charge < -0.3 is 70.6 Å². The number of aliphatic hydroxyl groups is 4. The number of carboxylic acid groups (broad SMARTS) is 2. The molecule has 1 saturated heterocycles. The number of aromatic carboxylic acids is 1. The number of benzene rings is 3. The summed E-state index contributed by atoms with van der Waals surface area (Å²) in [6, 6.07) is 27.1. The summed E-state index contributed by atoms with van der Waals surface area (Å²) >= 11 is 0. The van der Waals surface area contributed by atoms with Crippen LogP contribution in [0.25, 0.3) is 10.9 Å². The van der Waals surface area contributed by atoms with Crippen LogP contribution in [0, 0.1) is 12.3 Å². The number of hydrogen-bond acceptors (Lipinski definition) is 17. The Labute approximate surface area is 361 Å². The highest BCUT2D eigenvalue weighted by atomic mass is 16.6. The molecular formula is C45H56N4O13-4. The van der Waals surface area contributed by atoms with E-state index in [0.717, 1.165) is 31.1 Å². The number of rotatable bonds is 10. The number of fused-ring (bicyclic) bond motifs is 1. The fourth-order valence-electron chi connectivity index (χ4n) is 4.66. The van der Waals surface area contributed by atoms with Crippen molar-refractivity contribution in [2.24, 2.45) is 0 Å². The Morgan fingerprint density at radius 1 is 0.774 bits per heavy atom. The monoisotopic (exact) mass is 860 g/mol. The average molecular weight is 861 g/mol. The second kappa shape index (κ2) is 33.5. The maximum Gasteiger partial charge on any atom is 0.158 e. The zero-order valence-corrected chi connectivity index (χ0v) is 35.3. The number of aromatic nitrogens is 2. The van der Waals surface area contributed by atoms with Gasteiger partial charge in [-0.15, -0.1) is 5.75 Å². The minimum absolute atomic E-state index is 0.0301. The fourth-order valence-corrected chi connectivity index (χ4v) is 4.66. The molecule has 1 aliphatic rings. The van der Waals surface area contributed by atoms with Crippen molar-refractivity contribution in [1.82, 2.24) is 15.3 Å². The van der Waals surface area contributed by atoms with E-state index in [2.05, 4.69) is 55.9 Å². The summed E-state index contributed by atoms with van der Waals surface area (Å²) in [5.74, 6) is -2.52. The molecule has 5 atom stereocenters. The average Bonchev–Trinajstić information content (AvgIpc) is 3.82. The Bertz CT molecular complexity index is 1910. The number of aliphatic carboxylic acids is 1. The Balaban J connectivity index is 0.000000703. The zero-order chi connectivity index (χ0) is 46.9. The predicted octanol–water partition coefficient (Wildman–Crippen LogP) is 1.25.